The standard InChI is InChI=1S/C17H33N3O/c1-2-3-11-20-12-8-16(9-13-20)19-17(21)7-6-15-5-4-10-18-14-15/h15-16,18H,2-14H2,1H3,(H,19,21). The Kier molecular flexibility index (Phi) is 7.51. The topological polar surface area (TPSA) is 44.4 Å². The molecule has 0 radical (unpaired) electrons. The van der Waals surface area contributed by atoms with Crippen molar-refractivity contribution in [3.05, 3.63) is 0 Å². The van der Waals surface area contributed by atoms with Crippen molar-refractivity contribution in [2.45, 2.75) is 64.3 Å². The molecule has 2 N–H and O–H groups in total. The minimum absolute atomic E-state index is 0.271. The highest BCUT2D eigenvalue weighted by molar-refractivity contribution is 5.76. The van der Waals surface area contributed by atoms with Crippen LogP contribution in [0, 0.1) is 5.92 Å². The van der Waals surface area contributed by atoms with Crippen molar-refractivity contribution in [3.8, 4) is 0 Å². The van der Waals surface area contributed by atoms with Crippen molar-refractivity contribution in [1.29, 1.82) is 0 Å². The van der Waals surface area contributed by atoms with Crippen molar-refractivity contribution in [2.24, 2.45) is 5.92 Å². The second-order valence-corrected chi connectivity index (χ2v) is 6.79. The second-order valence-electron chi connectivity index (χ2n) is 6.79. The first-order chi connectivity index (χ1) is 10.3. The maximum Gasteiger partial charge on any atom is 0.220 e. The van der Waals surface area contributed by atoms with Gasteiger partial charge in [-0.3, -0.25) is 4.79 Å². The molecule has 0 saturated carbocycles. The first kappa shape index (κ1) is 16.8. The van der Waals surface area contributed by atoms with Crippen LogP contribution in [0.4, 0.5) is 0 Å². The Hall–Kier alpha value is -0.610. The van der Waals surface area contributed by atoms with E-state index >= 15 is 0 Å². The molecule has 0 aromatic rings. The van der Waals surface area contributed by atoms with E-state index in [4.69, 9.17) is 0 Å². The SMILES string of the molecule is CCCCN1CCC(NC(=O)CCC2CCCNC2)CC1. The maximum absolute atomic E-state index is 12.1. The summed E-state index contributed by atoms with van der Waals surface area (Å²) in [5.41, 5.74) is 0. The molecule has 2 heterocycles. The summed E-state index contributed by atoms with van der Waals surface area (Å²) in [7, 11) is 0. The molecule has 0 aliphatic carbocycles. The molecule has 4 heteroatoms. The second kappa shape index (κ2) is 9.42. The summed E-state index contributed by atoms with van der Waals surface area (Å²) in [5.74, 6) is 0.980. The lowest BCUT2D eigenvalue weighted by atomic mass is 9.94. The largest absolute Gasteiger partial charge is 0.353 e. The van der Waals surface area contributed by atoms with Crippen LogP contribution in [0.2, 0.25) is 0 Å². The van der Waals surface area contributed by atoms with Gasteiger partial charge in [0.05, 0.1) is 0 Å². The molecule has 2 aliphatic heterocycles. The summed E-state index contributed by atoms with van der Waals surface area (Å²) in [6.07, 6.45) is 9.13. The number of piperidine rings is 2. The highest BCUT2D eigenvalue weighted by Gasteiger charge is 2.21. The molecule has 4 nitrogen and oxygen atoms in total. The molecule has 2 fully saturated rings. The van der Waals surface area contributed by atoms with Crippen LogP contribution in [0.5, 0.6) is 0 Å². The lowest BCUT2D eigenvalue weighted by molar-refractivity contribution is -0.122. The van der Waals surface area contributed by atoms with Gasteiger partial charge in [0.15, 0.2) is 0 Å². The molecular weight excluding hydrogens is 262 g/mol. The lowest BCUT2D eigenvalue weighted by Gasteiger charge is -2.32. The third-order valence-corrected chi connectivity index (χ3v) is 4.96. The van der Waals surface area contributed by atoms with Crippen molar-refractivity contribution < 1.29 is 4.79 Å². The third kappa shape index (κ3) is 6.35. The predicted octanol–water partition coefficient (Wildman–Crippen LogP) is 2.15. The van der Waals surface area contributed by atoms with Crippen molar-refractivity contribution in [3.63, 3.8) is 0 Å². The van der Waals surface area contributed by atoms with Gasteiger partial charge in [-0.15, -0.1) is 0 Å². The number of carbonyl (C=O) groups is 1. The van der Waals surface area contributed by atoms with Gasteiger partial charge in [0.1, 0.15) is 0 Å². The van der Waals surface area contributed by atoms with Crippen LogP contribution in [0.3, 0.4) is 0 Å². The summed E-state index contributed by atoms with van der Waals surface area (Å²) in [5, 5.41) is 6.67. The molecule has 2 aliphatic rings. The zero-order valence-corrected chi connectivity index (χ0v) is 13.7. The van der Waals surface area contributed by atoms with Crippen LogP contribution >= 0.6 is 0 Å². The summed E-state index contributed by atoms with van der Waals surface area (Å²) in [6, 6.07) is 0.417. The molecule has 21 heavy (non-hydrogen) atoms. The number of rotatable bonds is 7. The van der Waals surface area contributed by atoms with Gasteiger partial charge in [-0.25, -0.2) is 0 Å². The summed E-state index contributed by atoms with van der Waals surface area (Å²) >= 11 is 0. The number of hydrogen-bond donors (Lipinski definition) is 2. The van der Waals surface area contributed by atoms with E-state index in [1.165, 1.54) is 32.2 Å². The van der Waals surface area contributed by atoms with Gasteiger partial charge in [0, 0.05) is 25.6 Å². The van der Waals surface area contributed by atoms with Crippen molar-refractivity contribution in [2.75, 3.05) is 32.7 Å². The quantitative estimate of drug-likeness (QED) is 0.756. The van der Waals surface area contributed by atoms with Crippen LogP contribution in [0.15, 0.2) is 0 Å². The minimum Gasteiger partial charge on any atom is -0.353 e. The average Bonchev–Trinajstić information content (AvgIpc) is 2.53. The fraction of sp³-hybridized carbons (Fsp3) is 0.941. The smallest absolute Gasteiger partial charge is 0.220 e. The van der Waals surface area contributed by atoms with E-state index in [-0.39, 0.29) is 5.91 Å². The summed E-state index contributed by atoms with van der Waals surface area (Å²) < 4.78 is 0. The van der Waals surface area contributed by atoms with Crippen LogP contribution < -0.4 is 10.6 Å². The van der Waals surface area contributed by atoms with Crippen molar-refractivity contribution >= 4 is 5.91 Å². The normalized spacial score (nSPS) is 24.9. The van der Waals surface area contributed by atoms with Crippen molar-refractivity contribution in [1.82, 2.24) is 15.5 Å². The number of likely N-dealkylation sites (tertiary alicyclic amines) is 1. The molecule has 0 aromatic heterocycles. The monoisotopic (exact) mass is 295 g/mol. The Balaban J connectivity index is 1.56. The van der Waals surface area contributed by atoms with E-state index in [1.807, 2.05) is 0 Å². The van der Waals surface area contributed by atoms with Gasteiger partial charge in [-0.05, 0) is 64.1 Å². The summed E-state index contributed by atoms with van der Waals surface area (Å²) in [6.45, 7) is 8.03. The number of hydrogen-bond acceptors (Lipinski definition) is 3. The summed E-state index contributed by atoms with van der Waals surface area (Å²) in [4.78, 5) is 14.6. The van der Waals surface area contributed by atoms with E-state index < -0.39 is 0 Å². The maximum atomic E-state index is 12.1. The van der Waals surface area contributed by atoms with Gasteiger partial charge in [-0.2, -0.15) is 0 Å². The highest BCUT2D eigenvalue weighted by atomic mass is 16.1. The molecule has 0 bridgehead atoms. The van der Waals surface area contributed by atoms with Crippen LogP contribution in [0.25, 0.3) is 0 Å². The Morgan fingerprint density at radius 1 is 1.29 bits per heavy atom. The lowest BCUT2D eigenvalue weighted by Crippen LogP contribution is -2.45. The van der Waals surface area contributed by atoms with E-state index in [0.29, 0.717) is 18.4 Å². The molecule has 1 amide bonds. The number of carbonyl (C=O) groups excluding carboxylic acids is 1. The molecule has 0 spiro atoms. The number of amides is 1. The van der Waals surface area contributed by atoms with E-state index in [2.05, 4.69) is 22.5 Å². The van der Waals surface area contributed by atoms with Gasteiger partial charge in [0.25, 0.3) is 0 Å². The average molecular weight is 295 g/mol. The van der Waals surface area contributed by atoms with E-state index in [1.54, 1.807) is 0 Å². The zero-order valence-electron chi connectivity index (χ0n) is 13.7. The molecule has 2 saturated heterocycles. The number of nitrogens with one attached hydrogen (secondary N) is 2. The Morgan fingerprint density at radius 3 is 2.76 bits per heavy atom. The fourth-order valence-electron chi connectivity index (χ4n) is 3.49. The Labute approximate surface area is 130 Å². The first-order valence-electron chi connectivity index (χ1n) is 9.00. The Bertz CT molecular complexity index is 294. The van der Waals surface area contributed by atoms with E-state index in [0.717, 1.165) is 45.4 Å². The molecule has 1 atom stereocenters. The van der Waals surface area contributed by atoms with Gasteiger partial charge >= 0.3 is 0 Å². The number of unbranched alkanes of at least 4 members (excludes halogenated alkanes) is 1. The fourth-order valence-corrected chi connectivity index (χ4v) is 3.49. The van der Waals surface area contributed by atoms with Gasteiger partial charge in [-0.1, -0.05) is 13.3 Å². The first-order valence-corrected chi connectivity index (χ1v) is 9.00. The zero-order chi connectivity index (χ0) is 14.9. The van der Waals surface area contributed by atoms with Gasteiger partial charge < -0.3 is 15.5 Å². The van der Waals surface area contributed by atoms with Crippen LogP contribution in [-0.2, 0) is 4.79 Å². The van der Waals surface area contributed by atoms with E-state index in [9.17, 15) is 4.79 Å². The minimum atomic E-state index is 0.271. The molecule has 1 unspecified atom stereocenters. The predicted molar refractivity (Wildman–Crippen MR) is 87.3 cm³/mol. The Morgan fingerprint density at radius 2 is 2.10 bits per heavy atom. The molecule has 0 aromatic carbocycles. The molecular formula is C17H33N3O. The molecule has 2 rings (SSSR count). The van der Waals surface area contributed by atoms with Crippen LogP contribution in [-0.4, -0.2) is 49.6 Å². The van der Waals surface area contributed by atoms with Crippen LogP contribution in [0.1, 0.15) is 58.3 Å². The van der Waals surface area contributed by atoms with Gasteiger partial charge in [0.2, 0.25) is 5.91 Å². The third-order valence-electron chi connectivity index (χ3n) is 4.96. The number of nitrogens with zero attached hydrogens (tertiary/aromatic N) is 1. The molecule has 122 valence electrons. The highest BCUT2D eigenvalue weighted by Crippen LogP contribution is 2.16.